The van der Waals surface area contributed by atoms with Gasteiger partial charge in [0.1, 0.15) is 18.3 Å². The molecule has 0 aromatic rings. The Morgan fingerprint density at radius 1 is 0.958 bits per heavy atom. The van der Waals surface area contributed by atoms with Crippen LogP contribution in [0.3, 0.4) is 0 Å². The number of fused-ring (bicyclic) bond motifs is 2. The highest BCUT2D eigenvalue weighted by Gasteiger charge is 2.84. The molecule has 1 aliphatic heterocycles. The van der Waals surface area contributed by atoms with E-state index in [1.807, 2.05) is 6.92 Å². The van der Waals surface area contributed by atoms with Crippen LogP contribution in [-0.2, 0) is 19.0 Å². The average molecular weight is 679 g/mol. The first-order valence-electron chi connectivity index (χ1n) is 18.5. The fourth-order valence-electron chi connectivity index (χ4n) is 13.2. The van der Waals surface area contributed by atoms with E-state index >= 15 is 0 Å². The van der Waals surface area contributed by atoms with E-state index in [0.717, 1.165) is 50.5 Å². The third-order valence-electron chi connectivity index (χ3n) is 15.5. The molecule has 6 N–H and O–H groups in total. The second kappa shape index (κ2) is 12.5. The molecular formula is C38H62O10. The second-order valence-corrected chi connectivity index (χ2v) is 18.0. The Morgan fingerprint density at radius 2 is 1.67 bits per heavy atom. The number of carbonyl (C=O) groups excluding carboxylic acids is 1. The van der Waals surface area contributed by atoms with Crippen molar-refractivity contribution in [1.82, 2.24) is 0 Å². The molecule has 1 heterocycles. The second-order valence-electron chi connectivity index (χ2n) is 18.0. The SMILES string of the molecule is CC(=O)OC1C(OC2CCC34CC35CCC3(C)C(C(C)CCC=C(C)CO)C(O)CC3(C)C5CC(O)C4C2(C)C)OC(CO)C(O)C1O. The third-order valence-corrected chi connectivity index (χ3v) is 15.5. The summed E-state index contributed by atoms with van der Waals surface area (Å²) in [7, 11) is 0. The highest BCUT2D eigenvalue weighted by atomic mass is 16.7. The lowest BCUT2D eigenvalue weighted by molar-refractivity contribution is -0.330. The first-order chi connectivity index (χ1) is 22.4. The maximum absolute atomic E-state index is 12.2. The number of esters is 1. The van der Waals surface area contributed by atoms with Crippen molar-refractivity contribution >= 4 is 5.97 Å². The zero-order valence-electron chi connectivity index (χ0n) is 30.1. The van der Waals surface area contributed by atoms with Crippen LogP contribution in [0.4, 0.5) is 0 Å². The Morgan fingerprint density at radius 3 is 2.31 bits per heavy atom. The number of aliphatic hydroxyl groups is 6. The van der Waals surface area contributed by atoms with Crippen LogP contribution in [0.15, 0.2) is 11.6 Å². The molecule has 6 rings (SSSR count). The monoisotopic (exact) mass is 678 g/mol. The van der Waals surface area contributed by atoms with Gasteiger partial charge in [0, 0.05) is 6.92 Å². The molecule has 1 saturated heterocycles. The first-order valence-corrected chi connectivity index (χ1v) is 18.5. The van der Waals surface area contributed by atoms with E-state index in [9.17, 15) is 35.4 Å². The topological polar surface area (TPSA) is 166 Å². The highest BCUT2D eigenvalue weighted by molar-refractivity contribution is 5.66. The van der Waals surface area contributed by atoms with Crippen LogP contribution in [0.25, 0.3) is 0 Å². The van der Waals surface area contributed by atoms with Crippen molar-refractivity contribution in [2.45, 2.75) is 155 Å². The molecule has 6 fully saturated rings. The number of hydrogen-bond acceptors (Lipinski definition) is 10. The minimum atomic E-state index is -1.48. The standard InChI is InChI=1S/C38H62O10/c1-20(17-39)9-8-10-21(2)28-24(43)16-36(7)26-15-23(42)32-34(4,5)27(11-12-38(32)19-37(26,38)14-13-35(28,36)6)48-33-31(46-22(3)41)30(45)29(44)25(18-40)47-33/h9,21,23-33,39-40,42-45H,8,10-19H2,1-7H3. The van der Waals surface area contributed by atoms with Crippen LogP contribution in [-0.4, -0.2) is 98.8 Å². The highest BCUT2D eigenvalue weighted by Crippen LogP contribution is 2.89. The minimum absolute atomic E-state index is 0.0314. The molecule has 6 aliphatic rings. The lowest BCUT2D eigenvalue weighted by atomic mass is 9.41. The van der Waals surface area contributed by atoms with E-state index in [4.69, 9.17) is 14.2 Å². The maximum atomic E-state index is 12.2. The number of ether oxygens (including phenoxy) is 3. The molecule has 274 valence electrons. The fourth-order valence-corrected chi connectivity index (χ4v) is 13.2. The Kier molecular flexibility index (Phi) is 9.58. The number of carbonyl (C=O) groups is 1. The molecule has 5 aliphatic carbocycles. The Bertz CT molecular complexity index is 1250. The minimum Gasteiger partial charge on any atom is -0.454 e. The van der Waals surface area contributed by atoms with Gasteiger partial charge in [0.05, 0.1) is 31.5 Å². The number of hydrogen-bond donors (Lipinski definition) is 6. The summed E-state index contributed by atoms with van der Waals surface area (Å²) >= 11 is 0. The molecule has 5 saturated carbocycles. The molecule has 16 unspecified atom stereocenters. The molecule has 0 aromatic carbocycles. The van der Waals surface area contributed by atoms with E-state index in [-0.39, 0.29) is 52.3 Å². The molecule has 48 heavy (non-hydrogen) atoms. The molecule has 16 atom stereocenters. The zero-order valence-corrected chi connectivity index (χ0v) is 30.1. The summed E-state index contributed by atoms with van der Waals surface area (Å²) < 4.78 is 17.9. The van der Waals surface area contributed by atoms with Crippen molar-refractivity contribution in [2.24, 2.45) is 50.7 Å². The lowest BCUT2D eigenvalue weighted by Gasteiger charge is -2.64. The summed E-state index contributed by atoms with van der Waals surface area (Å²) in [6.07, 6.45) is 2.49. The molecule has 0 bridgehead atoms. The van der Waals surface area contributed by atoms with Crippen molar-refractivity contribution in [2.75, 3.05) is 13.2 Å². The van der Waals surface area contributed by atoms with Crippen LogP contribution in [0.1, 0.15) is 106 Å². The van der Waals surface area contributed by atoms with Gasteiger partial charge in [0.25, 0.3) is 0 Å². The summed E-state index contributed by atoms with van der Waals surface area (Å²) in [6, 6.07) is 0. The molecular weight excluding hydrogens is 616 g/mol. The Hall–Kier alpha value is -1.11. The largest absolute Gasteiger partial charge is 0.454 e. The van der Waals surface area contributed by atoms with Gasteiger partial charge < -0.3 is 44.8 Å². The van der Waals surface area contributed by atoms with Crippen LogP contribution >= 0.6 is 0 Å². The normalized spacial score (nSPS) is 51.6. The summed E-state index contributed by atoms with van der Waals surface area (Å²) in [5, 5.41) is 64.5. The molecule has 0 amide bonds. The van der Waals surface area contributed by atoms with Crippen molar-refractivity contribution in [3.05, 3.63) is 11.6 Å². The van der Waals surface area contributed by atoms with Gasteiger partial charge in [-0.15, -0.1) is 0 Å². The molecule has 0 radical (unpaired) electrons. The van der Waals surface area contributed by atoms with Gasteiger partial charge in [-0.25, -0.2) is 0 Å². The summed E-state index contributed by atoms with van der Waals surface area (Å²) in [5.41, 5.74) is 0.435. The molecule has 2 spiro atoms. The van der Waals surface area contributed by atoms with Crippen molar-refractivity contribution in [1.29, 1.82) is 0 Å². The van der Waals surface area contributed by atoms with Crippen LogP contribution in [0, 0.1) is 50.7 Å². The van der Waals surface area contributed by atoms with E-state index in [2.05, 4.69) is 40.7 Å². The van der Waals surface area contributed by atoms with Gasteiger partial charge in [-0.3, -0.25) is 4.79 Å². The quantitative estimate of drug-likeness (QED) is 0.121. The molecule has 10 heteroatoms. The smallest absolute Gasteiger partial charge is 0.303 e. The number of allylic oxidation sites excluding steroid dienone is 1. The van der Waals surface area contributed by atoms with E-state index in [0.29, 0.717) is 24.7 Å². The summed E-state index contributed by atoms with van der Waals surface area (Å²) in [4.78, 5) is 11.9. The average Bonchev–Trinajstić information content (AvgIpc) is 3.60. The molecule has 0 aromatic heterocycles. The van der Waals surface area contributed by atoms with Crippen molar-refractivity contribution < 1.29 is 49.6 Å². The van der Waals surface area contributed by atoms with Gasteiger partial charge >= 0.3 is 5.97 Å². The number of aliphatic hydroxyl groups excluding tert-OH is 6. The summed E-state index contributed by atoms with van der Waals surface area (Å²) in [6.45, 7) is 14.1. The van der Waals surface area contributed by atoms with E-state index in [1.165, 1.54) is 6.92 Å². The first kappa shape index (κ1) is 36.7. The van der Waals surface area contributed by atoms with Crippen molar-refractivity contribution in [3.8, 4) is 0 Å². The van der Waals surface area contributed by atoms with E-state index in [1.54, 1.807) is 0 Å². The zero-order chi connectivity index (χ0) is 35.2. The lowest BCUT2D eigenvalue weighted by Crippen LogP contribution is -2.64. The predicted octanol–water partition coefficient (Wildman–Crippen LogP) is 3.48. The maximum Gasteiger partial charge on any atom is 0.303 e. The van der Waals surface area contributed by atoms with Gasteiger partial charge in [0.15, 0.2) is 12.4 Å². The Balaban J connectivity index is 1.23. The fraction of sp³-hybridized carbons (Fsp3) is 0.921. The predicted molar refractivity (Wildman–Crippen MR) is 177 cm³/mol. The number of rotatable bonds is 9. The van der Waals surface area contributed by atoms with Gasteiger partial charge in [-0.05, 0) is 115 Å². The summed E-state index contributed by atoms with van der Waals surface area (Å²) in [5.74, 6) is 0.165. The van der Waals surface area contributed by atoms with Crippen LogP contribution in [0.5, 0.6) is 0 Å². The third kappa shape index (κ3) is 5.21. The molecule has 10 nitrogen and oxygen atoms in total. The van der Waals surface area contributed by atoms with Gasteiger partial charge in [-0.2, -0.15) is 0 Å². The van der Waals surface area contributed by atoms with Crippen molar-refractivity contribution in [3.63, 3.8) is 0 Å². The van der Waals surface area contributed by atoms with Crippen LogP contribution < -0.4 is 0 Å². The van der Waals surface area contributed by atoms with E-state index < -0.39 is 54.8 Å². The Labute approximate surface area is 286 Å². The van der Waals surface area contributed by atoms with Gasteiger partial charge in [-0.1, -0.05) is 46.3 Å². The van der Waals surface area contributed by atoms with Crippen LogP contribution in [0.2, 0.25) is 0 Å². The van der Waals surface area contributed by atoms with Gasteiger partial charge in [0.2, 0.25) is 0 Å².